The highest BCUT2D eigenvalue weighted by atomic mass is 32.1. The third-order valence-corrected chi connectivity index (χ3v) is 2.90. The van der Waals surface area contributed by atoms with E-state index in [0.717, 1.165) is 17.8 Å². The summed E-state index contributed by atoms with van der Waals surface area (Å²) in [5.74, 6) is -1.19. The number of hydrogen-bond donors (Lipinski definition) is 1. The average Bonchev–Trinajstić information content (AvgIpc) is 2.65. The Bertz CT molecular complexity index is 381. The molecule has 16 heavy (non-hydrogen) atoms. The van der Waals surface area contributed by atoms with Gasteiger partial charge in [-0.3, -0.25) is 0 Å². The van der Waals surface area contributed by atoms with Crippen LogP contribution >= 0.6 is 11.3 Å². The smallest absolute Gasteiger partial charge is 0.349 e. The molecule has 4 nitrogen and oxygen atoms in total. The van der Waals surface area contributed by atoms with Gasteiger partial charge < -0.3 is 9.84 Å². The van der Waals surface area contributed by atoms with E-state index in [2.05, 4.69) is 0 Å². The fourth-order valence-electron chi connectivity index (χ4n) is 1.09. The van der Waals surface area contributed by atoms with Crippen LogP contribution in [0.1, 0.15) is 40.3 Å². The summed E-state index contributed by atoms with van der Waals surface area (Å²) >= 11 is 1.09. The molecule has 1 N–H and O–H groups in total. The lowest BCUT2D eigenvalue weighted by Gasteiger charge is -2.05. The molecule has 88 valence electrons. The lowest BCUT2D eigenvalue weighted by Crippen LogP contribution is -2.10. The van der Waals surface area contributed by atoms with E-state index in [1.54, 1.807) is 5.38 Å². The van der Waals surface area contributed by atoms with E-state index in [0.29, 0.717) is 12.5 Å². The summed E-state index contributed by atoms with van der Waals surface area (Å²) in [6.45, 7) is 4.39. The van der Waals surface area contributed by atoms with Gasteiger partial charge in [0.1, 0.15) is 4.88 Å². The molecule has 5 heteroatoms. The predicted molar refractivity (Wildman–Crippen MR) is 61.0 cm³/mol. The number of thiophene rings is 1. The van der Waals surface area contributed by atoms with Crippen LogP contribution in [0.4, 0.5) is 0 Å². The first kappa shape index (κ1) is 12.7. The van der Waals surface area contributed by atoms with Gasteiger partial charge in [0, 0.05) is 0 Å². The summed E-state index contributed by atoms with van der Waals surface area (Å²) in [7, 11) is 0. The van der Waals surface area contributed by atoms with Crippen molar-refractivity contribution in [2.75, 3.05) is 6.61 Å². The fourth-order valence-corrected chi connectivity index (χ4v) is 1.87. The highest BCUT2D eigenvalue weighted by Gasteiger charge is 2.19. The van der Waals surface area contributed by atoms with Crippen molar-refractivity contribution < 1.29 is 19.4 Å². The first-order valence-corrected chi connectivity index (χ1v) is 5.88. The minimum absolute atomic E-state index is 0.0135. The molecule has 0 aliphatic carbocycles. The summed E-state index contributed by atoms with van der Waals surface area (Å²) in [5, 5.41) is 10.4. The van der Waals surface area contributed by atoms with Crippen LogP contribution < -0.4 is 0 Å². The summed E-state index contributed by atoms with van der Waals surface area (Å²) < 4.78 is 5.00. The second-order valence-electron chi connectivity index (χ2n) is 3.79. The molecule has 0 amide bonds. The van der Waals surface area contributed by atoms with Crippen molar-refractivity contribution in [3.8, 4) is 0 Å². The summed E-state index contributed by atoms with van der Waals surface area (Å²) in [6.07, 6.45) is 0.777. The van der Waals surface area contributed by atoms with E-state index in [9.17, 15) is 9.59 Å². The Labute approximate surface area is 97.9 Å². The van der Waals surface area contributed by atoms with Gasteiger partial charge in [0.15, 0.2) is 0 Å². The molecule has 0 saturated heterocycles. The fraction of sp³-hybridized carbons (Fsp3) is 0.455. The number of ether oxygens (including phenoxy) is 1. The minimum Gasteiger partial charge on any atom is -0.478 e. The van der Waals surface area contributed by atoms with Crippen LogP contribution in [0, 0.1) is 5.92 Å². The molecule has 0 unspecified atom stereocenters. The molecule has 0 bridgehead atoms. The monoisotopic (exact) mass is 242 g/mol. The Morgan fingerprint density at radius 1 is 1.50 bits per heavy atom. The van der Waals surface area contributed by atoms with Crippen LogP contribution in [0.3, 0.4) is 0 Å². The van der Waals surface area contributed by atoms with Gasteiger partial charge in [-0.2, -0.15) is 0 Å². The Balaban J connectivity index is 2.59. The first-order valence-electron chi connectivity index (χ1n) is 5.00. The van der Waals surface area contributed by atoms with Crippen molar-refractivity contribution in [1.82, 2.24) is 0 Å². The van der Waals surface area contributed by atoms with E-state index in [1.807, 2.05) is 13.8 Å². The zero-order chi connectivity index (χ0) is 12.1. The molecule has 0 aliphatic heterocycles. The number of carboxylic acid groups (broad SMARTS) is 1. The van der Waals surface area contributed by atoms with Gasteiger partial charge in [0.2, 0.25) is 0 Å². The molecule has 0 atom stereocenters. The molecule has 0 aromatic carbocycles. The molecule has 0 radical (unpaired) electrons. The highest BCUT2D eigenvalue weighted by Crippen LogP contribution is 2.18. The number of carbonyl (C=O) groups excluding carboxylic acids is 1. The van der Waals surface area contributed by atoms with E-state index in [4.69, 9.17) is 9.84 Å². The minimum atomic E-state index is -1.10. The van der Waals surface area contributed by atoms with E-state index >= 15 is 0 Å². The number of carboxylic acids is 1. The maximum absolute atomic E-state index is 11.5. The molecule has 1 rings (SSSR count). The lowest BCUT2D eigenvalue weighted by molar-refractivity contribution is 0.0484. The van der Waals surface area contributed by atoms with Gasteiger partial charge in [-0.25, -0.2) is 9.59 Å². The van der Waals surface area contributed by atoms with Gasteiger partial charge in [-0.1, -0.05) is 13.8 Å². The molecule has 1 aromatic rings. The third kappa shape index (κ3) is 3.34. The number of rotatable bonds is 5. The summed E-state index contributed by atoms with van der Waals surface area (Å²) in [5.41, 5.74) is 0.0135. The van der Waals surface area contributed by atoms with Gasteiger partial charge in [0.25, 0.3) is 0 Å². The highest BCUT2D eigenvalue weighted by molar-refractivity contribution is 7.12. The predicted octanol–water partition coefficient (Wildman–Crippen LogP) is 2.65. The maximum Gasteiger partial charge on any atom is 0.349 e. The van der Waals surface area contributed by atoms with Crippen LogP contribution in [-0.2, 0) is 4.74 Å². The third-order valence-electron chi connectivity index (χ3n) is 2.01. The normalized spacial score (nSPS) is 10.4. The quantitative estimate of drug-likeness (QED) is 0.806. The zero-order valence-electron chi connectivity index (χ0n) is 9.23. The largest absolute Gasteiger partial charge is 0.478 e. The van der Waals surface area contributed by atoms with Gasteiger partial charge in [-0.05, 0) is 23.8 Å². The van der Waals surface area contributed by atoms with Crippen LogP contribution in [0.25, 0.3) is 0 Å². The first-order chi connectivity index (χ1) is 7.52. The molecule has 0 spiro atoms. The van der Waals surface area contributed by atoms with Gasteiger partial charge in [0.05, 0.1) is 12.2 Å². The standard InChI is InChI=1S/C11H14O4S/c1-7(2)3-5-15-11(14)9-8(10(12)13)4-6-16-9/h4,6-7H,3,5H2,1-2H3,(H,12,13). The van der Waals surface area contributed by atoms with Crippen molar-refractivity contribution in [2.24, 2.45) is 5.92 Å². The van der Waals surface area contributed by atoms with Crippen LogP contribution in [0.15, 0.2) is 11.4 Å². The zero-order valence-corrected chi connectivity index (χ0v) is 10.0. The Morgan fingerprint density at radius 3 is 2.75 bits per heavy atom. The van der Waals surface area contributed by atoms with Crippen molar-refractivity contribution in [3.05, 3.63) is 21.9 Å². The SMILES string of the molecule is CC(C)CCOC(=O)c1sccc1C(=O)O. The Kier molecular flexibility index (Phi) is 4.49. The van der Waals surface area contributed by atoms with Gasteiger partial charge >= 0.3 is 11.9 Å². The summed E-state index contributed by atoms with van der Waals surface area (Å²) in [4.78, 5) is 22.5. The van der Waals surface area contributed by atoms with Crippen LogP contribution in [0.2, 0.25) is 0 Å². The van der Waals surface area contributed by atoms with Gasteiger partial charge in [-0.15, -0.1) is 11.3 Å². The second-order valence-corrected chi connectivity index (χ2v) is 4.70. The van der Waals surface area contributed by atoms with Crippen LogP contribution in [0.5, 0.6) is 0 Å². The molecular weight excluding hydrogens is 228 g/mol. The Morgan fingerprint density at radius 2 is 2.19 bits per heavy atom. The number of esters is 1. The number of aromatic carboxylic acids is 1. The van der Waals surface area contributed by atoms with Crippen molar-refractivity contribution in [1.29, 1.82) is 0 Å². The molecule has 1 aromatic heterocycles. The Hall–Kier alpha value is -1.36. The van der Waals surface area contributed by atoms with E-state index in [1.165, 1.54) is 6.07 Å². The summed E-state index contributed by atoms with van der Waals surface area (Å²) in [6, 6.07) is 1.41. The van der Waals surface area contributed by atoms with Crippen molar-refractivity contribution in [2.45, 2.75) is 20.3 Å². The number of carbonyl (C=O) groups is 2. The van der Waals surface area contributed by atoms with E-state index < -0.39 is 11.9 Å². The topological polar surface area (TPSA) is 63.6 Å². The second kappa shape index (κ2) is 5.65. The maximum atomic E-state index is 11.5. The molecule has 0 aliphatic rings. The molecule has 0 fully saturated rings. The van der Waals surface area contributed by atoms with Crippen LogP contribution in [-0.4, -0.2) is 23.7 Å². The molecular formula is C11H14O4S. The molecule has 1 heterocycles. The van der Waals surface area contributed by atoms with E-state index in [-0.39, 0.29) is 10.4 Å². The molecule has 0 saturated carbocycles. The van der Waals surface area contributed by atoms with Crippen molar-refractivity contribution >= 4 is 23.3 Å². The van der Waals surface area contributed by atoms with Crippen molar-refractivity contribution in [3.63, 3.8) is 0 Å². The number of hydrogen-bond acceptors (Lipinski definition) is 4. The lowest BCUT2D eigenvalue weighted by atomic mass is 10.1. The average molecular weight is 242 g/mol.